The summed E-state index contributed by atoms with van der Waals surface area (Å²) < 4.78 is 1.97. The zero-order chi connectivity index (χ0) is 6.10. The maximum absolute atomic E-state index is 4.09. The lowest BCUT2D eigenvalue weighted by atomic mass is 10.6. The van der Waals surface area contributed by atoms with E-state index in [0.717, 1.165) is 18.1 Å². The third kappa shape index (κ3) is 0.830. The van der Waals surface area contributed by atoms with Crippen LogP contribution < -0.4 is 0 Å². The van der Waals surface area contributed by atoms with E-state index < -0.39 is 0 Å². The van der Waals surface area contributed by atoms with Crippen molar-refractivity contribution in [2.45, 2.75) is 12.3 Å². The van der Waals surface area contributed by atoms with E-state index in [2.05, 4.69) is 10.1 Å². The first-order chi connectivity index (χ1) is 4.47. The average molecular weight is 141 g/mol. The first-order valence-corrected chi connectivity index (χ1v) is 4.07. The zero-order valence-corrected chi connectivity index (χ0v) is 5.77. The summed E-state index contributed by atoms with van der Waals surface area (Å²) in [6, 6.07) is 0. The molecule has 1 aromatic heterocycles. The van der Waals surface area contributed by atoms with Crippen molar-refractivity contribution in [2.75, 3.05) is 5.75 Å². The van der Waals surface area contributed by atoms with E-state index in [1.165, 1.54) is 5.75 Å². The number of rotatable bonds is 0. The molecule has 48 valence electrons. The minimum atomic E-state index is 1.03. The van der Waals surface area contributed by atoms with Gasteiger partial charge in [-0.2, -0.15) is 16.9 Å². The Hall–Kier alpha value is -0.510. The molecule has 0 aromatic carbocycles. The number of nitrogens with zero attached hydrogens (tertiary/aromatic N) is 3. The Bertz CT molecular complexity index is 187. The van der Waals surface area contributed by atoms with Gasteiger partial charge in [0, 0.05) is 5.75 Å². The molecule has 0 saturated heterocycles. The predicted octanol–water partition coefficient (Wildman–Crippen LogP) is 0.525. The fraction of sp³-hybridized carbons (Fsp3) is 0.600. The van der Waals surface area contributed by atoms with E-state index in [4.69, 9.17) is 0 Å². The Morgan fingerprint density at radius 3 is 3.56 bits per heavy atom. The maximum Gasteiger partial charge on any atom is 0.138 e. The lowest BCUT2D eigenvalue weighted by Crippen LogP contribution is -2.11. The molecule has 3 nitrogen and oxygen atoms in total. The summed E-state index contributed by atoms with van der Waals surface area (Å²) in [5, 5.41) is 4.05. The third-order valence-electron chi connectivity index (χ3n) is 1.37. The highest BCUT2D eigenvalue weighted by atomic mass is 32.2. The fourth-order valence-electron chi connectivity index (χ4n) is 0.901. The largest absolute Gasteiger partial charge is 0.248 e. The Balaban J connectivity index is 2.39. The van der Waals surface area contributed by atoms with Crippen molar-refractivity contribution in [3.63, 3.8) is 0 Å². The highest BCUT2D eigenvalue weighted by Gasteiger charge is 2.08. The van der Waals surface area contributed by atoms with Gasteiger partial charge in [0.25, 0.3) is 0 Å². The van der Waals surface area contributed by atoms with Gasteiger partial charge < -0.3 is 0 Å². The molecule has 0 atom stereocenters. The summed E-state index contributed by atoms with van der Waals surface area (Å²) in [7, 11) is 0. The molecule has 9 heavy (non-hydrogen) atoms. The number of hydrogen-bond donors (Lipinski definition) is 0. The number of aromatic nitrogens is 3. The van der Waals surface area contributed by atoms with Crippen LogP contribution in [0, 0.1) is 0 Å². The average Bonchev–Trinajstić information content (AvgIpc) is 2.33. The Morgan fingerprint density at radius 1 is 1.67 bits per heavy atom. The lowest BCUT2D eigenvalue weighted by Gasteiger charge is -2.09. The van der Waals surface area contributed by atoms with Gasteiger partial charge >= 0.3 is 0 Å². The van der Waals surface area contributed by atoms with Crippen LogP contribution in [0.25, 0.3) is 0 Å². The monoisotopic (exact) mass is 141 g/mol. The summed E-state index contributed by atoms with van der Waals surface area (Å²) in [5.74, 6) is 3.32. The third-order valence-corrected chi connectivity index (χ3v) is 2.31. The van der Waals surface area contributed by atoms with E-state index in [9.17, 15) is 0 Å². The minimum absolute atomic E-state index is 1.03. The summed E-state index contributed by atoms with van der Waals surface area (Å²) >= 11 is 1.92. The van der Waals surface area contributed by atoms with Crippen molar-refractivity contribution in [1.29, 1.82) is 0 Å². The van der Waals surface area contributed by atoms with Crippen LogP contribution in [-0.4, -0.2) is 20.5 Å². The first kappa shape index (κ1) is 5.29. The van der Waals surface area contributed by atoms with Crippen molar-refractivity contribution >= 4 is 11.8 Å². The second-order valence-electron chi connectivity index (χ2n) is 1.95. The molecule has 1 aromatic rings. The van der Waals surface area contributed by atoms with Crippen LogP contribution >= 0.6 is 11.8 Å². The van der Waals surface area contributed by atoms with E-state index >= 15 is 0 Å². The first-order valence-electron chi connectivity index (χ1n) is 2.91. The highest BCUT2D eigenvalue weighted by Crippen LogP contribution is 2.14. The SMILES string of the molecule is c1nc2n(n1)CCSC2. The van der Waals surface area contributed by atoms with Gasteiger partial charge in [-0.05, 0) is 0 Å². The fourth-order valence-corrected chi connectivity index (χ4v) is 1.75. The molecule has 2 rings (SSSR count). The quantitative estimate of drug-likeness (QED) is 0.528. The molecule has 1 aliphatic rings. The molecule has 0 N–H and O–H groups in total. The molecule has 4 heteroatoms. The minimum Gasteiger partial charge on any atom is -0.248 e. The van der Waals surface area contributed by atoms with E-state index in [0.29, 0.717) is 0 Å². The van der Waals surface area contributed by atoms with E-state index in [1.54, 1.807) is 6.33 Å². The molecule has 0 bridgehead atoms. The van der Waals surface area contributed by atoms with Crippen molar-refractivity contribution in [3.8, 4) is 0 Å². The van der Waals surface area contributed by atoms with Crippen LogP contribution in [0.4, 0.5) is 0 Å². The van der Waals surface area contributed by atoms with Gasteiger partial charge in [-0.3, -0.25) is 0 Å². The summed E-state index contributed by atoms with van der Waals surface area (Å²) in [6.07, 6.45) is 1.63. The molecular weight excluding hydrogens is 134 g/mol. The molecule has 0 saturated carbocycles. The topological polar surface area (TPSA) is 30.7 Å². The Labute approximate surface area is 57.5 Å². The van der Waals surface area contributed by atoms with Crippen LogP contribution in [-0.2, 0) is 12.3 Å². The zero-order valence-electron chi connectivity index (χ0n) is 4.95. The normalized spacial score (nSPS) is 17.3. The van der Waals surface area contributed by atoms with Crippen molar-refractivity contribution in [2.24, 2.45) is 0 Å². The Kier molecular flexibility index (Phi) is 1.19. The van der Waals surface area contributed by atoms with Gasteiger partial charge in [-0.25, -0.2) is 9.67 Å². The predicted molar refractivity (Wildman–Crippen MR) is 36.2 cm³/mol. The molecule has 0 aliphatic carbocycles. The smallest absolute Gasteiger partial charge is 0.138 e. The number of thioether (sulfide) groups is 1. The molecule has 0 amide bonds. The van der Waals surface area contributed by atoms with Gasteiger partial charge in [0.2, 0.25) is 0 Å². The standard InChI is InChI=1S/C5H7N3S/c1-2-9-3-5-6-4-7-8(1)5/h4H,1-3H2. The lowest BCUT2D eigenvalue weighted by molar-refractivity contribution is 0.627. The summed E-state index contributed by atoms with van der Waals surface area (Å²) in [4.78, 5) is 4.09. The number of hydrogen-bond acceptors (Lipinski definition) is 3. The second-order valence-corrected chi connectivity index (χ2v) is 3.06. The molecular formula is C5H7N3S. The molecule has 0 unspecified atom stereocenters. The van der Waals surface area contributed by atoms with Gasteiger partial charge in [-0.1, -0.05) is 0 Å². The number of aryl methyl sites for hydroxylation is 1. The van der Waals surface area contributed by atoms with Crippen molar-refractivity contribution in [3.05, 3.63) is 12.2 Å². The van der Waals surface area contributed by atoms with Gasteiger partial charge in [0.15, 0.2) is 0 Å². The molecule has 2 heterocycles. The van der Waals surface area contributed by atoms with Crippen LogP contribution in [0.3, 0.4) is 0 Å². The van der Waals surface area contributed by atoms with Crippen LogP contribution in [0.15, 0.2) is 6.33 Å². The molecule has 1 aliphatic heterocycles. The molecule has 0 radical (unpaired) electrons. The number of fused-ring (bicyclic) bond motifs is 1. The summed E-state index contributed by atoms with van der Waals surface area (Å²) in [6.45, 7) is 1.03. The molecule has 0 spiro atoms. The summed E-state index contributed by atoms with van der Waals surface area (Å²) in [5.41, 5.74) is 0. The van der Waals surface area contributed by atoms with Crippen LogP contribution in [0.5, 0.6) is 0 Å². The highest BCUT2D eigenvalue weighted by molar-refractivity contribution is 7.98. The van der Waals surface area contributed by atoms with E-state index in [-0.39, 0.29) is 0 Å². The van der Waals surface area contributed by atoms with Crippen molar-refractivity contribution in [1.82, 2.24) is 14.8 Å². The van der Waals surface area contributed by atoms with Gasteiger partial charge in [-0.15, -0.1) is 0 Å². The van der Waals surface area contributed by atoms with Gasteiger partial charge in [0.1, 0.15) is 12.2 Å². The second kappa shape index (κ2) is 2.02. The van der Waals surface area contributed by atoms with Crippen molar-refractivity contribution < 1.29 is 0 Å². The Morgan fingerprint density at radius 2 is 2.67 bits per heavy atom. The molecule has 0 fully saturated rings. The van der Waals surface area contributed by atoms with Crippen LogP contribution in [0.2, 0.25) is 0 Å². The van der Waals surface area contributed by atoms with Gasteiger partial charge in [0.05, 0.1) is 12.3 Å². The maximum atomic E-state index is 4.09. The van der Waals surface area contributed by atoms with E-state index in [1.807, 2.05) is 16.4 Å². The van der Waals surface area contributed by atoms with Crippen LogP contribution in [0.1, 0.15) is 5.82 Å².